The molecular formula is C13H22N6. The molecule has 0 N–H and O–H groups in total. The maximum atomic E-state index is 4.38. The molecule has 0 fully saturated rings. The lowest BCUT2D eigenvalue weighted by Gasteiger charge is -2.16. The molecule has 6 heteroatoms. The molecule has 2 aromatic heterocycles. The molecule has 0 bridgehead atoms. The molecule has 0 atom stereocenters. The van der Waals surface area contributed by atoms with Crippen molar-refractivity contribution in [3.8, 4) is 0 Å². The van der Waals surface area contributed by atoms with Crippen molar-refractivity contribution in [2.75, 3.05) is 13.6 Å². The summed E-state index contributed by atoms with van der Waals surface area (Å²) in [5, 5.41) is 12.3. The molecule has 0 amide bonds. The van der Waals surface area contributed by atoms with Gasteiger partial charge in [-0.1, -0.05) is 0 Å². The first kappa shape index (κ1) is 13.7. The van der Waals surface area contributed by atoms with Gasteiger partial charge in [0.05, 0.1) is 6.20 Å². The van der Waals surface area contributed by atoms with Crippen LogP contribution < -0.4 is 0 Å². The van der Waals surface area contributed by atoms with Crippen LogP contribution in [0, 0.1) is 13.8 Å². The van der Waals surface area contributed by atoms with E-state index in [1.165, 1.54) is 11.3 Å². The summed E-state index contributed by atoms with van der Waals surface area (Å²) in [5.41, 5.74) is 2.56. The Labute approximate surface area is 114 Å². The average Bonchev–Trinajstić information content (AvgIpc) is 2.95. The Morgan fingerprint density at radius 2 is 2.11 bits per heavy atom. The first-order valence-corrected chi connectivity index (χ1v) is 6.66. The van der Waals surface area contributed by atoms with Crippen molar-refractivity contribution in [3.63, 3.8) is 0 Å². The lowest BCUT2D eigenvalue weighted by Crippen LogP contribution is -2.23. The highest BCUT2D eigenvalue weighted by atomic mass is 15.3. The van der Waals surface area contributed by atoms with Crippen molar-refractivity contribution in [3.05, 3.63) is 29.6 Å². The van der Waals surface area contributed by atoms with E-state index in [1.54, 1.807) is 6.33 Å². The first-order chi connectivity index (χ1) is 9.11. The van der Waals surface area contributed by atoms with Crippen molar-refractivity contribution < 1.29 is 0 Å². The van der Waals surface area contributed by atoms with Crippen LogP contribution in [0.25, 0.3) is 0 Å². The van der Waals surface area contributed by atoms with Crippen molar-refractivity contribution in [2.45, 2.75) is 40.4 Å². The number of hydrogen-bond acceptors (Lipinski definition) is 4. The van der Waals surface area contributed by atoms with Gasteiger partial charge < -0.3 is 9.47 Å². The van der Waals surface area contributed by atoms with Gasteiger partial charge in [0.15, 0.2) is 0 Å². The molecule has 6 nitrogen and oxygen atoms in total. The van der Waals surface area contributed by atoms with Crippen molar-refractivity contribution in [1.29, 1.82) is 0 Å². The van der Waals surface area contributed by atoms with Gasteiger partial charge in [0.1, 0.15) is 12.2 Å². The number of rotatable bonds is 6. The normalized spacial score (nSPS) is 11.4. The van der Waals surface area contributed by atoms with Crippen LogP contribution in [0.15, 0.2) is 12.5 Å². The van der Waals surface area contributed by atoms with Gasteiger partial charge in [-0.15, -0.1) is 10.2 Å². The second kappa shape index (κ2) is 5.97. The van der Waals surface area contributed by atoms with E-state index >= 15 is 0 Å². The SMILES string of the molecule is CCn1ncc(CN(C)CCn2cnnc2C)c1C. The Morgan fingerprint density at radius 3 is 2.68 bits per heavy atom. The van der Waals surface area contributed by atoms with Gasteiger partial charge in [-0.2, -0.15) is 5.10 Å². The number of aromatic nitrogens is 5. The van der Waals surface area contributed by atoms with E-state index in [9.17, 15) is 0 Å². The van der Waals surface area contributed by atoms with Crippen LogP contribution in [0.2, 0.25) is 0 Å². The predicted molar refractivity (Wildman–Crippen MR) is 73.7 cm³/mol. The minimum atomic E-state index is 0.913. The highest BCUT2D eigenvalue weighted by Gasteiger charge is 2.08. The van der Waals surface area contributed by atoms with E-state index in [0.29, 0.717) is 0 Å². The zero-order valence-corrected chi connectivity index (χ0v) is 12.2. The zero-order chi connectivity index (χ0) is 13.8. The molecule has 0 spiro atoms. The third-order valence-corrected chi connectivity index (χ3v) is 3.48. The molecule has 0 aliphatic carbocycles. The van der Waals surface area contributed by atoms with Crippen molar-refractivity contribution in [2.24, 2.45) is 0 Å². The molecular weight excluding hydrogens is 240 g/mol. The third-order valence-electron chi connectivity index (χ3n) is 3.48. The van der Waals surface area contributed by atoms with E-state index < -0.39 is 0 Å². The third kappa shape index (κ3) is 3.20. The fourth-order valence-electron chi connectivity index (χ4n) is 2.14. The Balaban J connectivity index is 1.89. The minimum absolute atomic E-state index is 0.913. The van der Waals surface area contributed by atoms with Crippen LogP contribution in [0.1, 0.15) is 24.0 Å². The summed E-state index contributed by atoms with van der Waals surface area (Å²) >= 11 is 0. The summed E-state index contributed by atoms with van der Waals surface area (Å²) in [6.45, 7) is 9.95. The second-order valence-electron chi connectivity index (χ2n) is 4.88. The molecule has 2 heterocycles. The summed E-state index contributed by atoms with van der Waals surface area (Å²) in [5.74, 6) is 0.961. The molecule has 0 aromatic carbocycles. The fraction of sp³-hybridized carbons (Fsp3) is 0.615. The quantitative estimate of drug-likeness (QED) is 0.786. The Bertz CT molecular complexity index is 527. The standard InChI is InChI=1S/C13H22N6/c1-5-19-11(2)13(8-15-19)9-17(4)6-7-18-10-14-16-12(18)3/h8,10H,5-7,9H2,1-4H3. The van der Waals surface area contributed by atoms with Crippen LogP contribution >= 0.6 is 0 Å². The highest BCUT2D eigenvalue weighted by molar-refractivity contribution is 5.15. The maximum Gasteiger partial charge on any atom is 0.129 e. The second-order valence-corrected chi connectivity index (χ2v) is 4.88. The maximum absolute atomic E-state index is 4.38. The molecule has 0 radical (unpaired) electrons. The van der Waals surface area contributed by atoms with Gasteiger partial charge in [0.2, 0.25) is 0 Å². The summed E-state index contributed by atoms with van der Waals surface area (Å²) in [7, 11) is 2.13. The largest absolute Gasteiger partial charge is 0.317 e. The van der Waals surface area contributed by atoms with Gasteiger partial charge in [0, 0.05) is 37.4 Å². The summed E-state index contributed by atoms with van der Waals surface area (Å²) in [6, 6.07) is 0. The van der Waals surface area contributed by atoms with Crippen molar-refractivity contribution >= 4 is 0 Å². The topological polar surface area (TPSA) is 51.8 Å². The fourth-order valence-corrected chi connectivity index (χ4v) is 2.14. The summed E-state index contributed by atoms with van der Waals surface area (Å²) in [4.78, 5) is 2.30. The number of nitrogens with zero attached hydrogens (tertiary/aromatic N) is 6. The molecule has 0 aliphatic heterocycles. The Hall–Kier alpha value is -1.69. The summed E-state index contributed by atoms with van der Waals surface area (Å²) < 4.78 is 4.10. The van der Waals surface area contributed by atoms with Gasteiger partial charge in [-0.05, 0) is 27.8 Å². The number of hydrogen-bond donors (Lipinski definition) is 0. The Morgan fingerprint density at radius 1 is 1.32 bits per heavy atom. The van der Waals surface area contributed by atoms with Crippen molar-refractivity contribution in [1.82, 2.24) is 29.4 Å². The Kier molecular flexibility index (Phi) is 4.31. The van der Waals surface area contributed by atoms with Crippen LogP contribution in [0.3, 0.4) is 0 Å². The zero-order valence-electron chi connectivity index (χ0n) is 12.2. The molecule has 0 saturated carbocycles. The molecule has 19 heavy (non-hydrogen) atoms. The van der Waals surface area contributed by atoms with Gasteiger partial charge >= 0.3 is 0 Å². The number of likely N-dealkylation sites (N-methyl/N-ethyl adjacent to an activating group) is 1. The van der Waals surface area contributed by atoms with E-state index in [2.05, 4.69) is 45.7 Å². The van der Waals surface area contributed by atoms with Gasteiger partial charge in [-0.3, -0.25) is 4.68 Å². The van der Waals surface area contributed by atoms with E-state index in [-0.39, 0.29) is 0 Å². The summed E-state index contributed by atoms with van der Waals surface area (Å²) in [6.07, 6.45) is 3.75. The first-order valence-electron chi connectivity index (χ1n) is 6.66. The molecule has 2 rings (SSSR count). The highest BCUT2D eigenvalue weighted by Crippen LogP contribution is 2.09. The van der Waals surface area contributed by atoms with Crippen LogP contribution in [-0.2, 0) is 19.6 Å². The minimum Gasteiger partial charge on any atom is -0.317 e. The molecule has 0 aliphatic rings. The van der Waals surface area contributed by atoms with E-state index in [0.717, 1.165) is 32.0 Å². The lowest BCUT2D eigenvalue weighted by atomic mass is 10.2. The predicted octanol–water partition coefficient (Wildman–Crippen LogP) is 1.24. The molecule has 0 saturated heterocycles. The van der Waals surface area contributed by atoms with E-state index in [4.69, 9.17) is 0 Å². The van der Waals surface area contributed by atoms with Crippen LogP contribution in [0.5, 0.6) is 0 Å². The van der Waals surface area contributed by atoms with Gasteiger partial charge in [-0.25, -0.2) is 0 Å². The molecule has 104 valence electrons. The van der Waals surface area contributed by atoms with Crippen LogP contribution in [0.4, 0.5) is 0 Å². The smallest absolute Gasteiger partial charge is 0.129 e. The van der Waals surface area contributed by atoms with E-state index in [1.807, 2.05) is 17.8 Å². The van der Waals surface area contributed by atoms with Gasteiger partial charge in [0.25, 0.3) is 0 Å². The lowest BCUT2D eigenvalue weighted by molar-refractivity contribution is 0.309. The van der Waals surface area contributed by atoms with Crippen LogP contribution in [-0.4, -0.2) is 43.0 Å². The molecule has 2 aromatic rings. The average molecular weight is 262 g/mol. The molecule has 0 unspecified atom stereocenters. The number of aryl methyl sites for hydroxylation is 2. The monoisotopic (exact) mass is 262 g/mol.